The summed E-state index contributed by atoms with van der Waals surface area (Å²) in [5, 5.41) is 0. The molecule has 0 aliphatic carbocycles. The summed E-state index contributed by atoms with van der Waals surface area (Å²) in [6.07, 6.45) is -4.41. The quantitative estimate of drug-likeness (QED) is 0.851. The van der Waals surface area contributed by atoms with Crippen LogP contribution < -0.4 is 0 Å². The first-order chi connectivity index (χ1) is 11.4. The molecule has 1 aliphatic rings. The number of nitrogens with zero attached hydrogens (tertiary/aromatic N) is 3. The van der Waals surface area contributed by atoms with Gasteiger partial charge in [-0.05, 0) is 31.9 Å². The topological polar surface area (TPSA) is 30.3 Å². The molecule has 1 fully saturated rings. The minimum Gasteiger partial charge on any atom is -0.369 e. The van der Waals surface area contributed by atoms with Gasteiger partial charge in [-0.25, -0.2) is 4.98 Å². The number of aromatic nitrogens is 2. The number of benzene rings is 1. The van der Waals surface area contributed by atoms with Crippen LogP contribution in [0.25, 0.3) is 11.0 Å². The first kappa shape index (κ1) is 17.2. The molecule has 0 radical (unpaired) electrons. The monoisotopic (exact) mass is 341 g/mol. The molecule has 2 aromatic rings. The Morgan fingerprint density at radius 2 is 1.88 bits per heavy atom. The fourth-order valence-electron chi connectivity index (χ4n) is 3.47. The summed E-state index contributed by atoms with van der Waals surface area (Å²) in [5.41, 5.74) is -0.0181. The molecule has 1 aliphatic heterocycles. The second-order valence-electron chi connectivity index (χ2n) is 6.23. The molecule has 0 spiro atoms. The zero-order valence-corrected chi connectivity index (χ0v) is 13.9. The normalized spacial score (nSPS) is 19.0. The van der Waals surface area contributed by atoms with Gasteiger partial charge in [-0.15, -0.1) is 0 Å². The number of ether oxygens (including phenoxy) is 1. The first-order valence-corrected chi connectivity index (χ1v) is 8.18. The molecule has 0 unspecified atom stereocenters. The third kappa shape index (κ3) is 2.91. The van der Waals surface area contributed by atoms with E-state index < -0.39 is 11.8 Å². The van der Waals surface area contributed by atoms with Gasteiger partial charge in [0.2, 0.25) is 0 Å². The fraction of sp³-hybridized carbons (Fsp3) is 0.588. The van der Waals surface area contributed by atoms with E-state index in [0.29, 0.717) is 19.6 Å². The number of alkyl halides is 3. The van der Waals surface area contributed by atoms with Gasteiger partial charge in [-0.2, -0.15) is 13.2 Å². The third-order valence-corrected chi connectivity index (χ3v) is 4.99. The van der Waals surface area contributed by atoms with Gasteiger partial charge in [0.1, 0.15) is 5.82 Å². The highest BCUT2D eigenvalue weighted by Gasteiger charge is 2.56. The Hall–Kier alpha value is -1.60. The molecule has 0 amide bonds. The number of hydrogen-bond donors (Lipinski definition) is 0. The summed E-state index contributed by atoms with van der Waals surface area (Å²) in [6, 6.07) is 7.89. The number of fused-ring (bicyclic) bond motifs is 1. The summed E-state index contributed by atoms with van der Waals surface area (Å²) in [7, 11) is 1.15. The Morgan fingerprint density at radius 1 is 1.21 bits per heavy atom. The van der Waals surface area contributed by atoms with Gasteiger partial charge < -0.3 is 9.30 Å². The van der Waals surface area contributed by atoms with Crippen LogP contribution in [-0.4, -0.2) is 46.4 Å². The number of para-hydroxylation sites is 2. The Morgan fingerprint density at radius 3 is 2.46 bits per heavy atom. The van der Waals surface area contributed by atoms with Crippen LogP contribution >= 0.6 is 0 Å². The van der Waals surface area contributed by atoms with Gasteiger partial charge in [0.05, 0.1) is 17.6 Å². The van der Waals surface area contributed by atoms with Gasteiger partial charge in [0.15, 0.2) is 5.60 Å². The highest BCUT2D eigenvalue weighted by atomic mass is 19.4. The van der Waals surface area contributed by atoms with Crippen LogP contribution in [0.15, 0.2) is 24.3 Å². The van der Waals surface area contributed by atoms with E-state index in [1.165, 1.54) is 0 Å². The van der Waals surface area contributed by atoms with Crippen molar-refractivity contribution in [1.29, 1.82) is 0 Å². The number of piperidine rings is 1. The Balaban J connectivity index is 1.75. The average molecular weight is 341 g/mol. The van der Waals surface area contributed by atoms with Crippen LogP contribution in [0.4, 0.5) is 13.2 Å². The highest BCUT2D eigenvalue weighted by molar-refractivity contribution is 5.75. The van der Waals surface area contributed by atoms with Gasteiger partial charge in [-0.1, -0.05) is 12.1 Å². The maximum Gasteiger partial charge on any atom is 0.417 e. The van der Waals surface area contributed by atoms with Crippen molar-refractivity contribution in [3.63, 3.8) is 0 Å². The number of halogens is 3. The summed E-state index contributed by atoms with van der Waals surface area (Å²) in [5.74, 6) is 0.899. The molecule has 4 nitrogen and oxygen atoms in total. The van der Waals surface area contributed by atoms with Crippen molar-refractivity contribution in [2.24, 2.45) is 0 Å². The number of imidazole rings is 1. The van der Waals surface area contributed by atoms with E-state index >= 15 is 0 Å². The predicted octanol–water partition coefficient (Wildman–Crippen LogP) is 3.60. The lowest BCUT2D eigenvalue weighted by Gasteiger charge is -2.41. The third-order valence-electron chi connectivity index (χ3n) is 4.99. The van der Waals surface area contributed by atoms with Crippen LogP contribution in [0.5, 0.6) is 0 Å². The van der Waals surface area contributed by atoms with E-state index in [0.717, 1.165) is 30.5 Å². The van der Waals surface area contributed by atoms with Crippen molar-refractivity contribution >= 4 is 11.0 Å². The van der Waals surface area contributed by atoms with Crippen LogP contribution in [0, 0.1) is 0 Å². The number of methoxy groups -OCH3 is 1. The predicted molar refractivity (Wildman–Crippen MR) is 85.7 cm³/mol. The van der Waals surface area contributed by atoms with Crippen LogP contribution in [-0.2, 0) is 17.8 Å². The molecular formula is C17H22F3N3O. The van der Waals surface area contributed by atoms with Crippen molar-refractivity contribution in [2.75, 3.05) is 20.2 Å². The summed E-state index contributed by atoms with van der Waals surface area (Å²) in [4.78, 5) is 6.67. The van der Waals surface area contributed by atoms with E-state index in [2.05, 4.69) is 9.55 Å². The zero-order valence-electron chi connectivity index (χ0n) is 13.9. The van der Waals surface area contributed by atoms with Crippen LogP contribution in [0.3, 0.4) is 0 Å². The van der Waals surface area contributed by atoms with E-state index in [1.807, 2.05) is 36.1 Å². The highest BCUT2D eigenvalue weighted by Crippen LogP contribution is 2.41. The lowest BCUT2D eigenvalue weighted by atomic mass is 9.90. The number of likely N-dealkylation sites (tertiary alicyclic amines) is 1. The number of rotatable bonds is 4. The van der Waals surface area contributed by atoms with Crippen molar-refractivity contribution in [2.45, 2.75) is 44.6 Å². The molecule has 0 atom stereocenters. The molecule has 1 saturated heterocycles. The average Bonchev–Trinajstić information content (AvgIpc) is 2.91. The van der Waals surface area contributed by atoms with Crippen molar-refractivity contribution in [1.82, 2.24) is 14.5 Å². The molecule has 3 rings (SSSR count). The van der Waals surface area contributed by atoms with Crippen molar-refractivity contribution in [3.8, 4) is 0 Å². The minimum absolute atomic E-state index is 0.0423. The molecule has 24 heavy (non-hydrogen) atoms. The standard InChI is InChI=1S/C17H22F3N3O/c1-3-23-14-7-5-4-6-13(14)21-15(23)12-22-10-8-16(24-2,9-11-22)17(18,19)20/h4-7H,3,8-12H2,1-2H3. The Bertz CT molecular complexity index is 703. The molecule has 132 valence electrons. The first-order valence-electron chi connectivity index (χ1n) is 8.18. The lowest BCUT2D eigenvalue weighted by molar-refractivity contribution is -0.282. The smallest absolute Gasteiger partial charge is 0.369 e. The molecular weight excluding hydrogens is 319 g/mol. The van der Waals surface area contributed by atoms with E-state index in [-0.39, 0.29) is 12.8 Å². The molecule has 7 heteroatoms. The maximum absolute atomic E-state index is 13.2. The summed E-state index contributed by atoms with van der Waals surface area (Å²) in [6.45, 7) is 4.09. The second-order valence-corrected chi connectivity index (χ2v) is 6.23. The van der Waals surface area contributed by atoms with Crippen molar-refractivity contribution in [3.05, 3.63) is 30.1 Å². The van der Waals surface area contributed by atoms with E-state index in [9.17, 15) is 13.2 Å². The van der Waals surface area contributed by atoms with Gasteiger partial charge >= 0.3 is 6.18 Å². The SMILES string of the molecule is CCn1c(CN2CCC(OC)(C(F)(F)F)CC2)nc2ccccc21. The van der Waals surface area contributed by atoms with Crippen LogP contribution in [0.1, 0.15) is 25.6 Å². The van der Waals surface area contributed by atoms with Crippen molar-refractivity contribution < 1.29 is 17.9 Å². The molecule has 0 saturated carbocycles. The molecule has 0 N–H and O–H groups in total. The summed E-state index contributed by atoms with van der Waals surface area (Å²) < 4.78 is 46.7. The fourth-order valence-corrected chi connectivity index (χ4v) is 3.47. The largest absolute Gasteiger partial charge is 0.417 e. The van der Waals surface area contributed by atoms with E-state index in [4.69, 9.17) is 4.74 Å². The lowest BCUT2D eigenvalue weighted by Crippen LogP contribution is -2.54. The van der Waals surface area contributed by atoms with Gasteiger partial charge in [-0.3, -0.25) is 4.90 Å². The van der Waals surface area contributed by atoms with Gasteiger partial charge in [0.25, 0.3) is 0 Å². The number of aryl methyl sites for hydroxylation is 1. The molecule has 1 aromatic heterocycles. The minimum atomic E-state index is -4.33. The Labute approximate surface area is 139 Å². The molecule has 0 bridgehead atoms. The molecule has 1 aromatic carbocycles. The van der Waals surface area contributed by atoms with Gasteiger partial charge in [0, 0.05) is 26.7 Å². The summed E-state index contributed by atoms with van der Waals surface area (Å²) >= 11 is 0. The molecule has 2 heterocycles. The zero-order chi connectivity index (χ0) is 17.4. The number of hydrogen-bond acceptors (Lipinski definition) is 3. The van der Waals surface area contributed by atoms with E-state index in [1.54, 1.807) is 0 Å². The van der Waals surface area contributed by atoms with Crippen LogP contribution in [0.2, 0.25) is 0 Å². The maximum atomic E-state index is 13.2. The Kier molecular flexibility index (Phi) is 4.57. The second kappa shape index (κ2) is 6.37.